The van der Waals surface area contributed by atoms with Gasteiger partial charge in [0.1, 0.15) is 11.9 Å². The van der Waals surface area contributed by atoms with E-state index >= 15 is 0 Å². The summed E-state index contributed by atoms with van der Waals surface area (Å²) in [6, 6.07) is 29.5. The Bertz CT molecular complexity index is 1200. The Morgan fingerprint density at radius 3 is 2.18 bits per heavy atom. The maximum absolute atomic E-state index is 13.0. The Morgan fingerprint density at radius 2 is 1.53 bits per heavy atom. The second-order valence-corrected chi connectivity index (χ2v) is 8.15. The zero-order valence-electron chi connectivity index (χ0n) is 19.5. The summed E-state index contributed by atoms with van der Waals surface area (Å²) in [5.41, 5.74) is 4.74. The second-order valence-electron chi connectivity index (χ2n) is 8.15. The van der Waals surface area contributed by atoms with Gasteiger partial charge in [0.05, 0.1) is 24.2 Å². The molecule has 0 bridgehead atoms. The van der Waals surface area contributed by atoms with Gasteiger partial charge in [0, 0.05) is 17.9 Å². The largest absolute Gasteiger partial charge is 0.464 e. The molecule has 1 heterocycles. The monoisotopic (exact) mass is 451 g/mol. The van der Waals surface area contributed by atoms with Gasteiger partial charge in [0.2, 0.25) is 0 Å². The molecule has 0 saturated carbocycles. The quantitative estimate of drug-likeness (QED) is 0.322. The van der Waals surface area contributed by atoms with E-state index in [1.54, 1.807) is 6.20 Å². The molecule has 5 nitrogen and oxygen atoms in total. The van der Waals surface area contributed by atoms with Crippen molar-refractivity contribution in [1.29, 1.82) is 0 Å². The zero-order valence-corrected chi connectivity index (χ0v) is 19.5. The normalized spacial score (nSPS) is 12.5. The Morgan fingerprint density at radius 1 is 0.912 bits per heavy atom. The summed E-state index contributed by atoms with van der Waals surface area (Å²) in [5.74, 6) is 0.156. The number of carbonyl (C=O) groups excluding carboxylic acids is 1. The summed E-state index contributed by atoms with van der Waals surface area (Å²) in [6.07, 6.45) is 2.34. The molecule has 0 aliphatic rings. The Kier molecular flexibility index (Phi) is 7.66. The Labute approximate surface area is 200 Å². The molecule has 0 amide bonds. The number of esters is 1. The van der Waals surface area contributed by atoms with Crippen LogP contribution in [0.5, 0.6) is 0 Å². The van der Waals surface area contributed by atoms with E-state index in [4.69, 9.17) is 14.7 Å². The highest BCUT2D eigenvalue weighted by Gasteiger charge is 2.29. The molecule has 172 valence electrons. The van der Waals surface area contributed by atoms with Gasteiger partial charge in [-0.3, -0.25) is 0 Å². The number of aromatic nitrogens is 2. The van der Waals surface area contributed by atoms with Crippen LogP contribution in [0.25, 0.3) is 11.3 Å². The van der Waals surface area contributed by atoms with E-state index < -0.39 is 6.04 Å². The maximum atomic E-state index is 13.0. The van der Waals surface area contributed by atoms with E-state index in [1.807, 2.05) is 92.7 Å². The zero-order chi connectivity index (χ0) is 23.8. The van der Waals surface area contributed by atoms with Gasteiger partial charge in [-0.25, -0.2) is 14.8 Å². The van der Waals surface area contributed by atoms with Crippen LogP contribution in [0.3, 0.4) is 0 Å². The lowest BCUT2D eigenvalue weighted by atomic mass is 9.93. The first kappa shape index (κ1) is 23.2. The lowest BCUT2D eigenvalue weighted by Crippen LogP contribution is -2.37. The molecule has 2 atom stereocenters. The number of hydrogen-bond donors (Lipinski definition) is 1. The van der Waals surface area contributed by atoms with E-state index in [2.05, 4.69) is 17.4 Å². The minimum Gasteiger partial charge on any atom is -0.464 e. The van der Waals surface area contributed by atoms with Crippen molar-refractivity contribution in [3.63, 3.8) is 0 Å². The van der Waals surface area contributed by atoms with Gasteiger partial charge in [0.15, 0.2) is 0 Å². The van der Waals surface area contributed by atoms with Crippen molar-refractivity contribution in [3.8, 4) is 11.3 Å². The van der Waals surface area contributed by atoms with Gasteiger partial charge in [-0.2, -0.15) is 0 Å². The fourth-order valence-electron chi connectivity index (χ4n) is 3.92. The standard InChI is InChI=1S/C29H29N3O2/c1-3-34-29(33)27(21(2)23-15-9-5-10-16-23)32-28-25(19-22-13-7-4-8-14-22)31-26(20-30-28)24-17-11-6-12-18-24/h4-18,20-21,27H,3,19H2,1-2H3,(H,30,32). The fraction of sp³-hybridized carbons (Fsp3) is 0.207. The van der Waals surface area contributed by atoms with Crippen LogP contribution in [-0.4, -0.2) is 28.6 Å². The number of ether oxygens (including phenoxy) is 1. The van der Waals surface area contributed by atoms with Gasteiger partial charge in [-0.15, -0.1) is 0 Å². The van der Waals surface area contributed by atoms with Gasteiger partial charge in [0.25, 0.3) is 0 Å². The third-order valence-electron chi connectivity index (χ3n) is 5.79. The number of nitrogens with one attached hydrogen (secondary N) is 1. The number of anilines is 1. The first-order chi connectivity index (χ1) is 16.7. The van der Waals surface area contributed by atoms with Crippen LogP contribution >= 0.6 is 0 Å². The molecule has 4 aromatic rings. The average Bonchev–Trinajstić information content (AvgIpc) is 2.89. The molecule has 0 radical (unpaired) electrons. The van der Waals surface area contributed by atoms with Crippen LogP contribution in [0.2, 0.25) is 0 Å². The third-order valence-corrected chi connectivity index (χ3v) is 5.79. The molecule has 2 unspecified atom stereocenters. The lowest BCUT2D eigenvalue weighted by molar-refractivity contribution is -0.144. The predicted octanol–water partition coefficient (Wildman–Crippen LogP) is 5.88. The number of rotatable bonds is 9. The average molecular weight is 452 g/mol. The minimum atomic E-state index is -0.603. The molecule has 0 spiro atoms. The van der Waals surface area contributed by atoms with Gasteiger partial charge in [-0.05, 0) is 18.1 Å². The van der Waals surface area contributed by atoms with Crippen LogP contribution in [-0.2, 0) is 16.0 Å². The van der Waals surface area contributed by atoms with E-state index in [0.717, 1.165) is 28.1 Å². The van der Waals surface area contributed by atoms with Crippen molar-refractivity contribution >= 4 is 11.8 Å². The highest BCUT2D eigenvalue weighted by Crippen LogP contribution is 2.26. The van der Waals surface area contributed by atoms with Crippen LogP contribution in [0.15, 0.2) is 97.2 Å². The number of hydrogen-bond acceptors (Lipinski definition) is 5. The lowest BCUT2D eigenvalue weighted by Gasteiger charge is -2.25. The van der Waals surface area contributed by atoms with Crippen LogP contribution < -0.4 is 5.32 Å². The van der Waals surface area contributed by atoms with Crippen molar-refractivity contribution in [2.24, 2.45) is 0 Å². The molecule has 0 aliphatic heterocycles. The maximum Gasteiger partial charge on any atom is 0.329 e. The van der Waals surface area contributed by atoms with Crippen molar-refractivity contribution in [3.05, 3.63) is 114 Å². The summed E-state index contributed by atoms with van der Waals surface area (Å²) < 4.78 is 5.42. The SMILES string of the molecule is CCOC(=O)C(Nc1ncc(-c2ccccc2)nc1Cc1ccccc1)C(C)c1ccccc1. The second kappa shape index (κ2) is 11.2. The molecule has 0 fully saturated rings. The molecule has 0 saturated heterocycles. The molecule has 3 aromatic carbocycles. The first-order valence-electron chi connectivity index (χ1n) is 11.6. The molecular formula is C29H29N3O2. The highest BCUT2D eigenvalue weighted by molar-refractivity contribution is 5.80. The number of nitrogens with zero attached hydrogens (tertiary/aromatic N) is 2. The van der Waals surface area contributed by atoms with E-state index in [9.17, 15) is 4.79 Å². The summed E-state index contributed by atoms with van der Waals surface area (Å²) in [5, 5.41) is 3.38. The summed E-state index contributed by atoms with van der Waals surface area (Å²) >= 11 is 0. The summed E-state index contributed by atoms with van der Waals surface area (Å²) in [6.45, 7) is 4.15. The molecular weight excluding hydrogens is 422 g/mol. The van der Waals surface area contributed by atoms with Gasteiger partial charge in [-0.1, -0.05) is 97.9 Å². The Hall–Kier alpha value is -3.99. The van der Waals surface area contributed by atoms with Crippen LogP contribution in [0.1, 0.15) is 36.6 Å². The van der Waals surface area contributed by atoms with E-state index in [1.165, 1.54) is 0 Å². The number of benzene rings is 3. The molecule has 5 heteroatoms. The van der Waals surface area contributed by atoms with Crippen LogP contribution in [0, 0.1) is 0 Å². The fourth-order valence-corrected chi connectivity index (χ4v) is 3.92. The topological polar surface area (TPSA) is 64.1 Å². The van der Waals surface area contributed by atoms with Crippen molar-refractivity contribution < 1.29 is 9.53 Å². The third kappa shape index (κ3) is 5.67. The summed E-state index contributed by atoms with van der Waals surface area (Å²) in [7, 11) is 0. The molecule has 34 heavy (non-hydrogen) atoms. The molecule has 4 rings (SSSR count). The van der Waals surface area contributed by atoms with Crippen LogP contribution in [0.4, 0.5) is 5.82 Å². The van der Waals surface area contributed by atoms with Crippen molar-refractivity contribution in [1.82, 2.24) is 9.97 Å². The van der Waals surface area contributed by atoms with Crippen molar-refractivity contribution in [2.45, 2.75) is 32.2 Å². The van der Waals surface area contributed by atoms with E-state index in [-0.39, 0.29) is 11.9 Å². The Balaban J connectivity index is 1.71. The van der Waals surface area contributed by atoms with E-state index in [0.29, 0.717) is 18.8 Å². The predicted molar refractivity (Wildman–Crippen MR) is 136 cm³/mol. The molecule has 1 N–H and O–H groups in total. The van der Waals surface area contributed by atoms with Crippen molar-refractivity contribution in [2.75, 3.05) is 11.9 Å². The minimum absolute atomic E-state index is 0.125. The highest BCUT2D eigenvalue weighted by atomic mass is 16.5. The molecule has 0 aliphatic carbocycles. The summed E-state index contributed by atoms with van der Waals surface area (Å²) in [4.78, 5) is 22.7. The smallest absolute Gasteiger partial charge is 0.329 e. The molecule has 1 aromatic heterocycles. The number of carbonyl (C=O) groups is 1. The first-order valence-corrected chi connectivity index (χ1v) is 11.6. The van der Waals surface area contributed by atoms with Gasteiger partial charge >= 0.3 is 5.97 Å². The van der Waals surface area contributed by atoms with Gasteiger partial charge < -0.3 is 10.1 Å².